The van der Waals surface area contributed by atoms with Crippen LogP contribution < -0.4 is 0 Å². The van der Waals surface area contributed by atoms with Gasteiger partial charge >= 0.3 is 0 Å². The molecule has 0 radical (unpaired) electrons. The molecule has 0 aliphatic rings. The van der Waals surface area contributed by atoms with Crippen LogP contribution in [0.3, 0.4) is 0 Å². The molecule has 0 spiro atoms. The van der Waals surface area contributed by atoms with E-state index in [1.54, 1.807) is 51.2 Å². The van der Waals surface area contributed by atoms with Crippen LogP contribution in [0.15, 0.2) is 35.4 Å². The van der Waals surface area contributed by atoms with Crippen LogP contribution in [0.5, 0.6) is 0 Å². The number of hydrogen-bond donors (Lipinski definition) is 0. The highest BCUT2D eigenvalue weighted by atomic mass is 35.5. The van der Waals surface area contributed by atoms with Gasteiger partial charge in [-0.25, -0.2) is 13.4 Å². The second-order valence-electron chi connectivity index (χ2n) is 5.10. The predicted octanol–water partition coefficient (Wildman–Crippen LogP) is 3.46. The van der Waals surface area contributed by atoms with Gasteiger partial charge in [0.2, 0.25) is 0 Å². The number of nitrogens with zero attached hydrogens (tertiary/aromatic N) is 1. The number of pyridine rings is 1. The maximum atomic E-state index is 12.3. The van der Waals surface area contributed by atoms with E-state index in [-0.39, 0.29) is 0 Å². The zero-order valence-corrected chi connectivity index (χ0v) is 12.0. The highest BCUT2D eigenvalue weighted by molar-refractivity contribution is 7.92. The summed E-state index contributed by atoms with van der Waals surface area (Å²) in [5.41, 5.74) is 0. The minimum Gasteiger partial charge on any atom is -0.244 e. The molecule has 0 saturated heterocycles. The van der Waals surface area contributed by atoms with Gasteiger partial charge in [-0.1, -0.05) is 11.6 Å². The minimum absolute atomic E-state index is 0.310. The number of aromatic nitrogens is 1. The standard InChI is InChI=1S/C13H14ClNO2S/c1-13(2,3)18(16,17)10-4-5-11-9(8-10)6-7-15-12(11)14/h4-8H,1-3H3. The Bertz CT molecular complexity index is 702. The highest BCUT2D eigenvalue weighted by Gasteiger charge is 2.30. The first-order chi connectivity index (χ1) is 8.23. The van der Waals surface area contributed by atoms with E-state index >= 15 is 0 Å². The topological polar surface area (TPSA) is 47.0 Å². The molecule has 0 aliphatic heterocycles. The van der Waals surface area contributed by atoms with E-state index < -0.39 is 14.6 Å². The zero-order chi connectivity index (χ0) is 13.6. The van der Waals surface area contributed by atoms with Crippen LogP contribution in [0.25, 0.3) is 10.8 Å². The Morgan fingerprint density at radius 3 is 2.44 bits per heavy atom. The normalized spacial score (nSPS) is 12.9. The van der Waals surface area contributed by atoms with Crippen molar-refractivity contribution in [2.75, 3.05) is 0 Å². The second kappa shape index (κ2) is 4.21. The van der Waals surface area contributed by atoms with Crippen molar-refractivity contribution < 1.29 is 8.42 Å². The minimum atomic E-state index is -3.34. The predicted molar refractivity (Wildman–Crippen MR) is 73.7 cm³/mol. The molecule has 0 amide bonds. The van der Waals surface area contributed by atoms with Gasteiger partial charge in [0.15, 0.2) is 9.84 Å². The lowest BCUT2D eigenvalue weighted by atomic mass is 10.2. The first-order valence-electron chi connectivity index (χ1n) is 5.52. The first kappa shape index (κ1) is 13.3. The van der Waals surface area contributed by atoms with Crippen LogP contribution in [-0.4, -0.2) is 18.1 Å². The van der Waals surface area contributed by atoms with Crippen LogP contribution in [0, 0.1) is 0 Å². The third kappa shape index (κ3) is 2.10. The molecule has 18 heavy (non-hydrogen) atoms. The van der Waals surface area contributed by atoms with Crippen molar-refractivity contribution in [1.82, 2.24) is 4.98 Å². The van der Waals surface area contributed by atoms with Crippen LogP contribution >= 0.6 is 11.6 Å². The Hall–Kier alpha value is -1.13. The number of hydrogen-bond acceptors (Lipinski definition) is 3. The smallest absolute Gasteiger partial charge is 0.183 e. The van der Waals surface area contributed by atoms with Gasteiger partial charge in [-0.05, 0) is 50.4 Å². The molecule has 0 bridgehead atoms. The van der Waals surface area contributed by atoms with Gasteiger partial charge in [0, 0.05) is 11.6 Å². The first-order valence-corrected chi connectivity index (χ1v) is 7.38. The van der Waals surface area contributed by atoms with E-state index in [1.165, 1.54) is 0 Å². The van der Waals surface area contributed by atoms with Crippen molar-refractivity contribution in [3.8, 4) is 0 Å². The Kier molecular flexibility index (Phi) is 3.11. The summed E-state index contributed by atoms with van der Waals surface area (Å²) in [4.78, 5) is 4.27. The summed E-state index contributed by atoms with van der Waals surface area (Å²) < 4.78 is 23.8. The maximum absolute atomic E-state index is 12.3. The quantitative estimate of drug-likeness (QED) is 0.753. The van der Waals surface area contributed by atoms with Crippen molar-refractivity contribution in [2.24, 2.45) is 0 Å². The van der Waals surface area contributed by atoms with Gasteiger partial charge in [-0.15, -0.1) is 0 Å². The van der Waals surface area contributed by atoms with Gasteiger partial charge in [0.05, 0.1) is 9.64 Å². The van der Waals surface area contributed by atoms with Crippen molar-refractivity contribution in [1.29, 1.82) is 0 Å². The van der Waals surface area contributed by atoms with Gasteiger partial charge in [-0.3, -0.25) is 0 Å². The summed E-state index contributed by atoms with van der Waals surface area (Å²) in [5.74, 6) is 0. The molecule has 0 N–H and O–H groups in total. The van der Waals surface area contributed by atoms with Gasteiger partial charge in [0.1, 0.15) is 5.15 Å². The molecule has 3 nitrogen and oxygen atoms in total. The molecule has 5 heteroatoms. The third-order valence-electron chi connectivity index (χ3n) is 2.80. The summed E-state index contributed by atoms with van der Waals surface area (Å²) in [6, 6.07) is 6.67. The molecule has 2 aromatic rings. The average molecular weight is 284 g/mol. The Morgan fingerprint density at radius 2 is 1.83 bits per heavy atom. The van der Waals surface area contributed by atoms with Crippen LogP contribution in [0.2, 0.25) is 5.15 Å². The molecule has 1 aromatic carbocycles. The average Bonchev–Trinajstić information content (AvgIpc) is 2.27. The summed E-state index contributed by atoms with van der Waals surface area (Å²) in [6.07, 6.45) is 1.57. The lowest BCUT2D eigenvalue weighted by Gasteiger charge is -2.19. The molecule has 0 saturated carbocycles. The molecule has 0 fully saturated rings. The fraction of sp³-hybridized carbons (Fsp3) is 0.308. The van der Waals surface area contributed by atoms with Gasteiger partial charge < -0.3 is 0 Å². The Morgan fingerprint density at radius 1 is 1.17 bits per heavy atom. The third-order valence-corrected chi connectivity index (χ3v) is 5.59. The van der Waals surface area contributed by atoms with Crippen molar-refractivity contribution >= 4 is 32.2 Å². The summed E-state index contributed by atoms with van der Waals surface area (Å²) in [7, 11) is -3.34. The van der Waals surface area contributed by atoms with Crippen LogP contribution in [-0.2, 0) is 9.84 Å². The van der Waals surface area contributed by atoms with E-state index in [0.29, 0.717) is 10.0 Å². The van der Waals surface area contributed by atoms with Crippen LogP contribution in [0.4, 0.5) is 0 Å². The monoisotopic (exact) mass is 283 g/mol. The number of fused-ring (bicyclic) bond motifs is 1. The Balaban J connectivity index is 2.70. The molecular weight excluding hydrogens is 270 g/mol. The molecule has 1 aromatic heterocycles. The fourth-order valence-corrected chi connectivity index (χ4v) is 3.10. The van der Waals surface area contributed by atoms with Crippen LogP contribution in [0.1, 0.15) is 20.8 Å². The number of rotatable bonds is 1. The van der Waals surface area contributed by atoms with Crippen molar-refractivity contribution in [2.45, 2.75) is 30.4 Å². The molecule has 0 unspecified atom stereocenters. The molecule has 0 atom stereocenters. The number of sulfone groups is 1. The molecular formula is C13H14ClNO2S. The lowest BCUT2D eigenvalue weighted by Crippen LogP contribution is -2.27. The highest BCUT2D eigenvalue weighted by Crippen LogP contribution is 2.29. The largest absolute Gasteiger partial charge is 0.244 e. The second-order valence-corrected chi connectivity index (χ2v) is 8.16. The molecule has 2 rings (SSSR count). The van der Waals surface area contributed by atoms with Crippen molar-refractivity contribution in [3.05, 3.63) is 35.6 Å². The Labute approximate surface area is 112 Å². The van der Waals surface area contributed by atoms with Gasteiger partial charge in [0.25, 0.3) is 0 Å². The van der Waals surface area contributed by atoms with Gasteiger partial charge in [-0.2, -0.15) is 0 Å². The number of halogens is 1. The van der Waals surface area contributed by atoms with Crippen molar-refractivity contribution in [3.63, 3.8) is 0 Å². The zero-order valence-electron chi connectivity index (χ0n) is 10.4. The fourth-order valence-electron chi connectivity index (χ4n) is 1.64. The molecule has 96 valence electrons. The number of benzene rings is 1. The van der Waals surface area contributed by atoms with E-state index in [9.17, 15) is 8.42 Å². The van der Waals surface area contributed by atoms with E-state index in [4.69, 9.17) is 11.6 Å². The molecule has 0 aliphatic carbocycles. The van der Waals surface area contributed by atoms with E-state index in [1.807, 2.05) is 0 Å². The SMILES string of the molecule is CC(C)(C)S(=O)(=O)c1ccc2c(Cl)nccc2c1. The maximum Gasteiger partial charge on any atom is 0.183 e. The summed E-state index contributed by atoms with van der Waals surface area (Å²) in [5, 5.41) is 1.92. The lowest BCUT2D eigenvalue weighted by molar-refractivity contribution is 0.560. The van der Waals surface area contributed by atoms with E-state index in [0.717, 1.165) is 10.8 Å². The van der Waals surface area contributed by atoms with E-state index in [2.05, 4.69) is 4.98 Å². The summed E-state index contributed by atoms with van der Waals surface area (Å²) in [6.45, 7) is 5.06. The molecule has 1 heterocycles. The summed E-state index contributed by atoms with van der Waals surface area (Å²) >= 11 is 5.95.